The highest BCUT2D eigenvalue weighted by atomic mass is 32.2. The molecule has 1 unspecified atom stereocenters. The number of hydrogen-bond acceptors (Lipinski definition) is 6. The molecule has 0 aromatic heterocycles. The van der Waals surface area contributed by atoms with Gasteiger partial charge in [0.2, 0.25) is 0 Å². The number of hydrogen-bond donors (Lipinski definition) is 0. The minimum atomic E-state index is -4.13. The summed E-state index contributed by atoms with van der Waals surface area (Å²) >= 11 is 0. The van der Waals surface area contributed by atoms with Crippen molar-refractivity contribution in [2.75, 3.05) is 20.3 Å². The molecule has 188 valence electrons. The molecule has 1 atom stereocenters. The average molecular weight is 510 g/mol. The molecule has 6 nitrogen and oxygen atoms in total. The number of methoxy groups -OCH3 is 1. The van der Waals surface area contributed by atoms with Crippen molar-refractivity contribution in [1.29, 1.82) is 0 Å². The summed E-state index contributed by atoms with van der Waals surface area (Å²) in [5.41, 5.74) is 6.25. The molecule has 3 aromatic rings. The molecule has 36 heavy (non-hydrogen) atoms. The lowest BCUT2D eigenvalue weighted by Gasteiger charge is -2.42. The maximum absolute atomic E-state index is 13.1. The third-order valence-corrected chi connectivity index (χ3v) is 8.75. The van der Waals surface area contributed by atoms with Crippen LogP contribution in [0.4, 0.5) is 4.39 Å². The highest BCUT2D eigenvalue weighted by molar-refractivity contribution is 7.87. The zero-order chi connectivity index (χ0) is 24.9. The highest BCUT2D eigenvalue weighted by Crippen LogP contribution is 2.46. The van der Waals surface area contributed by atoms with Crippen molar-refractivity contribution in [3.63, 3.8) is 0 Å². The highest BCUT2D eigenvalue weighted by Gasteiger charge is 2.36. The fourth-order valence-corrected chi connectivity index (χ4v) is 6.58. The van der Waals surface area contributed by atoms with Crippen molar-refractivity contribution in [3.8, 4) is 17.2 Å². The smallest absolute Gasteiger partial charge is 0.339 e. The summed E-state index contributed by atoms with van der Waals surface area (Å²) in [4.78, 5) is 2.38. The van der Waals surface area contributed by atoms with Gasteiger partial charge in [0.1, 0.15) is 17.3 Å². The first-order chi connectivity index (χ1) is 17.5. The average Bonchev–Trinajstić information content (AvgIpc) is 2.91. The van der Waals surface area contributed by atoms with Gasteiger partial charge in [0.05, 0.1) is 13.7 Å². The van der Waals surface area contributed by atoms with Gasteiger partial charge in [0, 0.05) is 24.7 Å². The fourth-order valence-electron chi connectivity index (χ4n) is 5.61. The topological polar surface area (TPSA) is 65.1 Å². The second kappa shape index (κ2) is 9.09. The molecule has 0 amide bonds. The summed E-state index contributed by atoms with van der Waals surface area (Å²) in [5.74, 6) is 1.63. The van der Waals surface area contributed by atoms with E-state index in [2.05, 4.69) is 17.0 Å². The van der Waals surface area contributed by atoms with E-state index in [4.69, 9.17) is 13.7 Å². The molecule has 0 N–H and O–H groups in total. The number of benzene rings is 3. The van der Waals surface area contributed by atoms with Gasteiger partial charge in [-0.2, -0.15) is 8.42 Å². The van der Waals surface area contributed by atoms with Crippen molar-refractivity contribution in [3.05, 3.63) is 81.9 Å². The zero-order valence-electron chi connectivity index (χ0n) is 20.1. The summed E-state index contributed by atoms with van der Waals surface area (Å²) in [5, 5.41) is 0. The summed E-state index contributed by atoms with van der Waals surface area (Å²) in [6.07, 6.45) is 3.74. The lowest BCUT2D eigenvalue weighted by atomic mass is 9.82. The number of rotatable bonds is 5. The Kier molecular flexibility index (Phi) is 5.88. The number of alkyl halides is 1. The molecule has 0 radical (unpaired) electrons. The monoisotopic (exact) mass is 509 g/mol. The van der Waals surface area contributed by atoms with Crippen LogP contribution in [0.2, 0.25) is 0 Å². The number of fused-ring (bicyclic) bond motifs is 5. The first-order valence-corrected chi connectivity index (χ1v) is 13.7. The Morgan fingerprint density at radius 2 is 1.89 bits per heavy atom. The number of nitrogens with zero attached hydrogens (tertiary/aromatic N) is 1. The van der Waals surface area contributed by atoms with E-state index in [0.29, 0.717) is 17.9 Å². The van der Waals surface area contributed by atoms with Crippen LogP contribution in [0.15, 0.2) is 53.4 Å². The van der Waals surface area contributed by atoms with E-state index in [1.54, 1.807) is 6.07 Å². The standard InChI is InChI=1S/C28H28FNO5S/c1-33-26-9-6-19-14-25-23-13-21-3-2-12-34-27(21)15-20(23)10-11-30(25)17-24(19)28(26)35-36(31,32)22-7-4-18(16-29)5-8-22/h4-9,13,15,25H,2-3,10-12,14,16-17H2,1H3. The van der Waals surface area contributed by atoms with Crippen molar-refractivity contribution in [2.24, 2.45) is 0 Å². The Labute approximate surface area is 210 Å². The van der Waals surface area contributed by atoms with Crippen LogP contribution in [0, 0.1) is 0 Å². The van der Waals surface area contributed by atoms with Crippen molar-refractivity contribution in [2.45, 2.75) is 49.8 Å². The molecule has 0 saturated carbocycles. The second-order valence-corrected chi connectivity index (χ2v) is 11.1. The van der Waals surface area contributed by atoms with Crippen LogP contribution in [0.3, 0.4) is 0 Å². The lowest BCUT2D eigenvalue weighted by Crippen LogP contribution is -2.39. The second-order valence-electron chi connectivity index (χ2n) is 9.60. The third-order valence-electron chi connectivity index (χ3n) is 7.51. The first-order valence-electron chi connectivity index (χ1n) is 12.3. The summed E-state index contributed by atoms with van der Waals surface area (Å²) in [6, 6.07) is 14.2. The van der Waals surface area contributed by atoms with Gasteiger partial charge in [-0.05, 0) is 77.8 Å². The predicted octanol–water partition coefficient (Wildman–Crippen LogP) is 4.91. The maximum atomic E-state index is 13.1. The van der Waals surface area contributed by atoms with Crippen LogP contribution in [0.5, 0.6) is 17.2 Å². The molecule has 0 saturated heterocycles. The van der Waals surface area contributed by atoms with Crippen LogP contribution in [0.1, 0.15) is 45.8 Å². The number of halogens is 1. The quantitative estimate of drug-likeness (QED) is 0.456. The van der Waals surface area contributed by atoms with Crippen LogP contribution in [-0.2, 0) is 42.6 Å². The van der Waals surface area contributed by atoms with Crippen molar-refractivity contribution in [1.82, 2.24) is 4.90 Å². The SMILES string of the molecule is COc1ccc2c(c1OS(=O)(=O)c1ccc(CF)cc1)CN1CCc3cc4c(cc3C1C2)CCCO4. The Bertz CT molecular complexity index is 1420. The minimum Gasteiger partial charge on any atom is -0.493 e. The Hall–Kier alpha value is -3.10. The van der Waals surface area contributed by atoms with E-state index in [1.807, 2.05) is 6.07 Å². The molecule has 3 aliphatic heterocycles. The van der Waals surface area contributed by atoms with Crippen LogP contribution in [-0.4, -0.2) is 33.6 Å². The van der Waals surface area contributed by atoms with Crippen LogP contribution >= 0.6 is 0 Å². The van der Waals surface area contributed by atoms with Crippen LogP contribution in [0.25, 0.3) is 0 Å². The summed E-state index contributed by atoms with van der Waals surface area (Å²) in [7, 11) is -2.62. The van der Waals surface area contributed by atoms with E-state index in [1.165, 1.54) is 48.1 Å². The Morgan fingerprint density at radius 3 is 2.67 bits per heavy atom. The molecule has 0 aliphatic carbocycles. The van der Waals surface area contributed by atoms with Gasteiger partial charge < -0.3 is 13.7 Å². The molecular weight excluding hydrogens is 481 g/mol. The molecule has 3 heterocycles. The van der Waals surface area contributed by atoms with Gasteiger partial charge in [-0.15, -0.1) is 0 Å². The van der Waals surface area contributed by atoms with Crippen molar-refractivity contribution < 1.29 is 26.5 Å². The number of aryl methyl sites for hydroxylation is 1. The van der Waals surface area contributed by atoms with E-state index in [-0.39, 0.29) is 16.7 Å². The molecule has 3 aromatic carbocycles. The first kappa shape index (κ1) is 23.3. The fraction of sp³-hybridized carbons (Fsp3) is 0.357. The van der Waals surface area contributed by atoms with Gasteiger partial charge in [-0.1, -0.05) is 24.3 Å². The van der Waals surface area contributed by atoms with Gasteiger partial charge >= 0.3 is 10.1 Å². The summed E-state index contributed by atoms with van der Waals surface area (Å²) < 4.78 is 56.3. The summed E-state index contributed by atoms with van der Waals surface area (Å²) in [6.45, 7) is 1.55. The van der Waals surface area contributed by atoms with E-state index in [0.717, 1.165) is 55.7 Å². The van der Waals surface area contributed by atoms with E-state index >= 15 is 0 Å². The van der Waals surface area contributed by atoms with Gasteiger partial charge in [-0.3, -0.25) is 4.90 Å². The molecule has 0 spiro atoms. The van der Waals surface area contributed by atoms with Crippen molar-refractivity contribution >= 4 is 10.1 Å². The third kappa shape index (κ3) is 4.02. The molecule has 3 aliphatic rings. The lowest BCUT2D eigenvalue weighted by molar-refractivity contribution is 0.158. The molecular formula is C28H28FNO5S. The van der Waals surface area contributed by atoms with E-state index < -0.39 is 16.8 Å². The minimum absolute atomic E-state index is 0.0214. The Morgan fingerprint density at radius 1 is 1.06 bits per heavy atom. The maximum Gasteiger partial charge on any atom is 0.339 e. The van der Waals surface area contributed by atoms with Gasteiger partial charge in [0.15, 0.2) is 11.5 Å². The molecule has 0 fully saturated rings. The molecule has 0 bridgehead atoms. The Balaban J connectivity index is 1.36. The van der Waals surface area contributed by atoms with Gasteiger partial charge in [-0.25, -0.2) is 4.39 Å². The zero-order valence-corrected chi connectivity index (χ0v) is 20.9. The van der Waals surface area contributed by atoms with E-state index in [9.17, 15) is 12.8 Å². The largest absolute Gasteiger partial charge is 0.493 e. The molecule has 8 heteroatoms. The normalized spacial score (nSPS) is 18.8. The number of ether oxygens (including phenoxy) is 2. The van der Waals surface area contributed by atoms with Crippen LogP contribution < -0.4 is 13.7 Å². The van der Waals surface area contributed by atoms with Gasteiger partial charge in [0.25, 0.3) is 0 Å². The predicted molar refractivity (Wildman–Crippen MR) is 133 cm³/mol. The molecule has 6 rings (SSSR count).